The van der Waals surface area contributed by atoms with Crippen molar-refractivity contribution < 1.29 is 9.72 Å². The quantitative estimate of drug-likeness (QED) is 0.616. The molecule has 0 fully saturated rings. The van der Waals surface area contributed by atoms with E-state index in [0.717, 1.165) is 12.2 Å². The lowest BCUT2D eigenvalue weighted by Gasteiger charge is -2.17. The van der Waals surface area contributed by atoms with Gasteiger partial charge in [-0.3, -0.25) is 9.48 Å². The highest BCUT2D eigenvalue weighted by Gasteiger charge is 2.28. The number of hydrogen-bond donors (Lipinski definition) is 1. The van der Waals surface area contributed by atoms with Gasteiger partial charge < -0.3 is 15.4 Å². The Hall–Kier alpha value is -2.71. The van der Waals surface area contributed by atoms with Crippen molar-refractivity contribution in [3.05, 3.63) is 39.8 Å². The highest BCUT2D eigenvalue weighted by atomic mass is 16.6. The normalized spacial score (nSPS) is 13.5. The molecule has 9 nitrogen and oxygen atoms in total. The van der Waals surface area contributed by atoms with Gasteiger partial charge >= 0.3 is 5.82 Å². The zero-order valence-corrected chi connectivity index (χ0v) is 14.3. The predicted molar refractivity (Wildman–Crippen MR) is 87.4 cm³/mol. The molecule has 0 aromatic carbocycles. The third-order valence-electron chi connectivity index (χ3n) is 3.87. The molecule has 0 aliphatic rings. The molecule has 0 saturated carbocycles. The number of carbonyl (C=O) groups is 1. The minimum absolute atomic E-state index is 0.239. The predicted octanol–water partition coefficient (Wildman–Crippen LogP) is 2.14. The standard InChI is InChI=1S/C15H22N6O3/c1-5-13(20-10(3)9-14(18-20)21(23)24)15(22)16-11(4)12-7-8-19(6-2)17-12/h7-9,11,13H,5-6H2,1-4H3,(H,16,22). The highest BCUT2D eigenvalue weighted by molar-refractivity contribution is 5.80. The summed E-state index contributed by atoms with van der Waals surface area (Å²) in [6.07, 6.45) is 2.33. The molecular weight excluding hydrogens is 312 g/mol. The van der Waals surface area contributed by atoms with Crippen LogP contribution in [0.1, 0.15) is 50.7 Å². The average molecular weight is 334 g/mol. The van der Waals surface area contributed by atoms with E-state index in [0.29, 0.717) is 12.1 Å². The van der Waals surface area contributed by atoms with Crippen molar-refractivity contribution in [3.63, 3.8) is 0 Å². The topological polar surface area (TPSA) is 108 Å². The van der Waals surface area contributed by atoms with E-state index in [4.69, 9.17) is 0 Å². The van der Waals surface area contributed by atoms with Gasteiger partial charge in [-0.25, -0.2) is 0 Å². The van der Waals surface area contributed by atoms with Crippen molar-refractivity contribution in [2.75, 3.05) is 0 Å². The van der Waals surface area contributed by atoms with Crippen LogP contribution in [0.25, 0.3) is 0 Å². The van der Waals surface area contributed by atoms with Crippen molar-refractivity contribution in [2.24, 2.45) is 0 Å². The van der Waals surface area contributed by atoms with Crippen molar-refractivity contribution in [1.82, 2.24) is 24.9 Å². The first-order valence-corrected chi connectivity index (χ1v) is 7.91. The maximum atomic E-state index is 12.6. The average Bonchev–Trinajstić information content (AvgIpc) is 3.15. The molecule has 24 heavy (non-hydrogen) atoms. The van der Waals surface area contributed by atoms with Gasteiger partial charge in [-0.1, -0.05) is 6.92 Å². The lowest BCUT2D eigenvalue weighted by molar-refractivity contribution is -0.389. The van der Waals surface area contributed by atoms with Crippen LogP contribution in [-0.4, -0.2) is 30.4 Å². The summed E-state index contributed by atoms with van der Waals surface area (Å²) in [7, 11) is 0. The zero-order chi connectivity index (χ0) is 17.9. The van der Waals surface area contributed by atoms with Gasteiger partial charge in [0.2, 0.25) is 5.91 Å². The van der Waals surface area contributed by atoms with Gasteiger partial charge in [0.25, 0.3) is 0 Å². The first kappa shape index (κ1) is 17.6. The van der Waals surface area contributed by atoms with Crippen LogP contribution in [0.2, 0.25) is 0 Å². The smallest absolute Gasteiger partial charge is 0.358 e. The first-order chi connectivity index (χ1) is 11.4. The molecule has 130 valence electrons. The monoisotopic (exact) mass is 334 g/mol. The first-order valence-electron chi connectivity index (χ1n) is 7.91. The number of aryl methyl sites for hydroxylation is 2. The Kier molecular flexibility index (Phi) is 5.32. The number of carbonyl (C=O) groups excluding carboxylic acids is 1. The van der Waals surface area contributed by atoms with Crippen LogP contribution in [0.15, 0.2) is 18.3 Å². The molecule has 2 rings (SSSR count). The Labute approximate surface area is 139 Å². The van der Waals surface area contributed by atoms with Gasteiger partial charge in [0.05, 0.1) is 28.6 Å². The van der Waals surface area contributed by atoms with E-state index < -0.39 is 11.0 Å². The van der Waals surface area contributed by atoms with Crippen LogP contribution in [0, 0.1) is 17.0 Å². The summed E-state index contributed by atoms with van der Waals surface area (Å²) in [6, 6.07) is 2.36. The van der Waals surface area contributed by atoms with E-state index >= 15 is 0 Å². The number of hydrogen-bond acceptors (Lipinski definition) is 5. The van der Waals surface area contributed by atoms with E-state index in [9.17, 15) is 14.9 Å². The van der Waals surface area contributed by atoms with E-state index in [-0.39, 0.29) is 17.8 Å². The molecular formula is C15H22N6O3. The molecule has 0 aliphatic carbocycles. The number of aromatic nitrogens is 4. The summed E-state index contributed by atoms with van der Waals surface area (Å²) in [4.78, 5) is 22.9. The molecule has 0 radical (unpaired) electrons. The molecule has 2 heterocycles. The van der Waals surface area contributed by atoms with Crippen LogP contribution in [0.4, 0.5) is 5.82 Å². The van der Waals surface area contributed by atoms with E-state index in [1.807, 2.05) is 33.0 Å². The van der Waals surface area contributed by atoms with Crippen LogP contribution >= 0.6 is 0 Å². The molecule has 0 saturated heterocycles. The number of nitrogens with one attached hydrogen (secondary N) is 1. The molecule has 0 aliphatic heterocycles. The van der Waals surface area contributed by atoms with Gasteiger partial charge in [0, 0.05) is 12.7 Å². The fourth-order valence-corrected chi connectivity index (χ4v) is 2.51. The minimum atomic E-state index is -0.602. The largest absolute Gasteiger partial charge is 0.390 e. The van der Waals surface area contributed by atoms with Crippen LogP contribution in [-0.2, 0) is 11.3 Å². The van der Waals surface area contributed by atoms with Gasteiger partial charge in [-0.2, -0.15) is 9.78 Å². The molecule has 9 heteroatoms. The van der Waals surface area contributed by atoms with Crippen molar-refractivity contribution >= 4 is 11.7 Å². The second kappa shape index (κ2) is 7.24. The Bertz CT molecular complexity index is 735. The maximum absolute atomic E-state index is 12.6. The minimum Gasteiger partial charge on any atom is -0.358 e. The molecule has 2 aromatic rings. The summed E-state index contributed by atoms with van der Waals surface area (Å²) in [5.74, 6) is -0.495. The Balaban J connectivity index is 2.15. The second-order valence-electron chi connectivity index (χ2n) is 5.60. The Morgan fingerprint density at radius 1 is 1.42 bits per heavy atom. The van der Waals surface area contributed by atoms with Gasteiger partial charge in [0.1, 0.15) is 0 Å². The van der Waals surface area contributed by atoms with Crippen molar-refractivity contribution in [1.29, 1.82) is 0 Å². The van der Waals surface area contributed by atoms with Gasteiger partial charge in [-0.15, -0.1) is 0 Å². The number of nitrogens with zero attached hydrogens (tertiary/aromatic N) is 5. The lowest BCUT2D eigenvalue weighted by atomic mass is 10.1. The third-order valence-corrected chi connectivity index (χ3v) is 3.87. The van der Waals surface area contributed by atoms with E-state index in [1.54, 1.807) is 11.6 Å². The van der Waals surface area contributed by atoms with Crippen molar-refractivity contribution in [2.45, 2.75) is 52.7 Å². The second-order valence-corrected chi connectivity index (χ2v) is 5.60. The van der Waals surface area contributed by atoms with E-state index in [1.165, 1.54) is 10.7 Å². The molecule has 2 aromatic heterocycles. The number of nitro groups is 1. The lowest BCUT2D eigenvalue weighted by Crippen LogP contribution is -2.35. The van der Waals surface area contributed by atoms with Crippen LogP contribution < -0.4 is 5.32 Å². The fourth-order valence-electron chi connectivity index (χ4n) is 2.51. The fraction of sp³-hybridized carbons (Fsp3) is 0.533. The molecule has 0 bridgehead atoms. The molecule has 2 atom stereocenters. The van der Waals surface area contributed by atoms with Gasteiger partial charge in [0.15, 0.2) is 6.04 Å². The molecule has 1 amide bonds. The van der Waals surface area contributed by atoms with Crippen LogP contribution in [0.3, 0.4) is 0 Å². The maximum Gasteiger partial charge on any atom is 0.390 e. The van der Waals surface area contributed by atoms with Gasteiger partial charge in [-0.05, 0) is 38.2 Å². The molecule has 0 spiro atoms. The van der Waals surface area contributed by atoms with Crippen molar-refractivity contribution in [3.8, 4) is 0 Å². The zero-order valence-electron chi connectivity index (χ0n) is 14.3. The third kappa shape index (κ3) is 3.61. The molecule has 2 unspecified atom stereocenters. The molecule has 1 N–H and O–H groups in total. The number of amides is 1. The Morgan fingerprint density at radius 2 is 2.12 bits per heavy atom. The SMILES string of the molecule is CCC(C(=O)NC(C)c1ccn(CC)n1)n1nc([N+](=O)[O-])cc1C. The Morgan fingerprint density at radius 3 is 2.62 bits per heavy atom. The number of rotatable bonds is 7. The summed E-state index contributed by atoms with van der Waals surface area (Å²) in [5.41, 5.74) is 1.34. The summed E-state index contributed by atoms with van der Waals surface area (Å²) in [5, 5.41) is 22.1. The highest BCUT2D eigenvalue weighted by Crippen LogP contribution is 2.20. The summed E-state index contributed by atoms with van der Waals surface area (Å²) in [6.45, 7) is 8.14. The summed E-state index contributed by atoms with van der Waals surface area (Å²) >= 11 is 0. The van der Waals surface area contributed by atoms with E-state index in [2.05, 4.69) is 15.5 Å². The van der Waals surface area contributed by atoms with Crippen LogP contribution in [0.5, 0.6) is 0 Å². The summed E-state index contributed by atoms with van der Waals surface area (Å²) < 4.78 is 3.20.